The second-order valence-corrected chi connectivity index (χ2v) is 7.41. The fraction of sp³-hybridized carbons (Fsp3) is 0.571. The Hall–Kier alpha value is -0.580. The van der Waals surface area contributed by atoms with Gasteiger partial charge in [-0.3, -0.25) is 0 Å². The lowest BCUT2D eigenvalue weighted by molar-refractivity contribution is 0.475. The number of benzene rings is 1. The Bertz CT molecular complexity index is 521. The molecule has 1 saturated carbocycles. The molecule has 0 radical (unpaired) electrons. The summed E-state index contributed by atoms with van der Waals surface area (Å²) in [5.74, 6) is 0.545. The minimum absolute atomic E-state index is 0.214. The van der Waals surface area contributed by atoms with Crippen LogP contribution in [0.1, 0.15) is 31.7 Å². The number of rotatable bonds is 7. The lowest BCUT2D eigenvalue weighted by Crippen LogP contribution is -2.30. The standard InChI is InChI=1S/C14H20ClNO2S/c1-2-14(8-9-14)11-16-19(17,18)13-5-3-12(4-6-13)7-10-15/h3-6,16H,2,7-11H2,1H3. The summed E-state index contributed by atoms with van der Waals surface area (Å²) < 4.78 is 27.0. The Morgan fingerprint density at radius 2 is 1.89 bits per heavy atom. The molecule has 19 heavy (non-hydrogen) atoms. The Balaban J connectivity index is 2.02. The van der Waals surface area contributed by atoms with Gasteiger partial charge in [-0.25, -0.2) is 13.1 Å². The van der Waals surface area contributed by atoms with E-state index in [-0.39, 0.29) is 5.41 Å². The SMILES string of the molecule is CCC1(CNS(=O)(=O)c2ccc(CCCl)cc2)CC1. The lowest BCUT2D eigenvalue weighted by atomic mass is 10.1. The topological polar surface area (TPSA) is 46.2 Å². The van der Waals surface area contributed by atoms with Crippen LogP contribution < -0.4 is 4.72 Å². The molecule has 0 spiro atoms. The van der Waals surface area contributed by atoms with Crippen LogP contribution in [0.5, 0.6) is 0 Å². The van der Waals surface area contributed by atoms with Gasteiger partial charge < -0.3 is 0 Å². The third-order valence-corrected chi connectivity index (χ3v) is 5.57. The van der Waals surface area contributed by atoms with Crippen molar-refractivity contribution >= 4 is 21.6 Å². The predicted molar refractivity (Wildman–Crippen MR) is 78.0 cm³/mol. The van der Waals surface area contributed by atoms with Gasteiger partial charge in [0.05, 0.1) is 4.90 Å². The van der Waals surface area contributed by atoms with Gasteiger partial charge in [-0.15, -0.1) is 11.6 Å². The van der Waals surface area contributed by atoms with Crippen molar-refractivity contribution in [3.8, 4) is 0 Å². The number of sulfonamides is 1. The van der Waals surface area contributed by atoms with Crippen LogP contribution in [0.4, 0.5) is 0 Å². The highest BCUT2D eigenvalue weighted by Crippen LogP contribution is 2.48. The van der Waals surface area contributed by atoms with Crippen molar-refractivity contribution in [1.29, 1.82) is 0 Å². The summed E-state index contributed by atoms with van der Waals surface area (Å²) in [6.45, 7) is 2.66. The Morgan fingerprint density at radius 1 is 1.26 bits per heavy atom. The highest BCUT2D eigenvalue weighted by Gasteiger charge is 2.41. The van der Waals surface area contributed by atoms with E-state index >= 15 is 0 Å². The van der Waals surface area contributed by atoms with E-state index < -0.39 is 10.0 Å². The molecule has 0 bridgehead atoms. The molecule has 0 aromatic heterocycles. The van der Waals surface area contributed by atoms with E-state index in [1.807, 2.05) is 12.1 Å². The zero-order valence-electron chi connectivity index (χ0n) is 11.2. The number of halogens is 1. The molecular formula is C14H20ClNO2S. The van der Waals surface area contributed by atoms with E-state index in [0.29, 0.717) is 17.3 Å². The summed E-state index contributed by atoms with van der Waals surface area (Å²) in [7, 11) is -3.38. The maximum Gasteiger partial charge on any atom is 0.240 e. The van der Waals surface area contributed by atoms with Crippen molar-refractivity contribution < 1.29 is 8.42 Å². The summed E-state index contributed by atoms with van der Waals surface area (Å²) >= 11 is 5.66. The van der Waals surface area contributed by atoms with E-state index in [1.54, 1.807) is 12.1 Å². The smallest absolute Gasteiger partial charge is 0.211 e. The van der Waals surface area contributed by atoms with Gasteiger partial charge in [0.15, 0.2) is 0 Å². The van der Waals surface area contributed by atoms with E-state index in [1.165, 1.54) is 0 Å². The van der Waals surface area contributed by atoms with Gasteiger partial charge in [-0.1, -0.05) is 19.1 Å². The number of alkyl halides is 1. The van der Waals surface area contributed by atoms with Crippen LogP contribution in [-0.2, 0) is 16.4 Å². The average Bonchev–Trinajstić information content (AvgIpc) is 3.18. The van der Waals surface area contributed by atoms with E-state index in [9.17, 15) is 8.42 Å². The predicted octanol–water partition coefficient (Wildman–Crippen LogP) is 2.94. The quantitative estimate of drug-likeness (QED) is 0.787. The van der Waals surface area contributed by atoms with Gasteiger partial charge >= 0.3 is 0 Å². The monoisotopic (exact) mass is 301 g/mol. The van der Waals surface area contributed by atoms with Crippen molar-refractivity contribution in [3.63, 3.8) is 0 Å². The van der Waals surface area contributed by atoms with E-state index in [2.05, 4.69) is 11.6 Å². The summed E-state index contributed by atoms with van der Waals surface area (Å²) in [6.07, 6.45) is 4.04. The largest absolute Gasteiger partial charge is 0.240 e. The molecule has 0 unspecified atom stereocenters. The van der Waals surface area contributed by atoms with Gasteiger partial charge in [0.2, 0.25) is 10.0 Å². The fourth-order valence-electron chi connectivity index (χ4n) is 2.11. The summed E-state index contributed by atoms with van der Waals surface area (Å²) in [6, 6.07) is 6.94. The van der Waals surface area contributed by atoms with Crippen molar-refractivity contribution in [3.05, 3.63) is 29.8 Å². The first-order valence-corrected chi connectivity index (χ1v) is 8.68. The van der Waals surface area contributed by atoms with Crippen LogP contribution in [0.3, 0.4) is 0 Å². The molecule has 0 atom stereocenters. The van der Waals surface area contributed by atoms with Crippen molar-refractivity contribution in [2.24, 2.45) is 5.41 Å². The maximum atomic E-state index is 12.2. The highest BCUT2D eigenvalue weighted by molar-refractivity contribution is 7.89. The lowest BCUT2D eigenvalue weighted by Gasteiger charge is -2.14. The van der Waals surface area contributed by atoms with Crippen molar-refractivity contribution in [2.45, 2.75) is 37.5 Å². The Labute approximate surface area is 120 Å². The maximum absolute atomic E-state index is 12.2. The summed E-state index contributed by atoms with van der Waals surface area (Å²) in [4.78, 5) is 0.331. The van der Waals surface area contributed by atoms with Crippen LogP contribution >= 0.6 is 11.6 Å². The number of hydrogen-bond acceptors (Lipinski definition) is 2. The van der Waals surface area contributed by atoms with Crippen LogP contribution in [-0.4, -0.2) is 20.8 Å². The molecule has 3 nitrogen and oxygen atoms in total. The van der Waals surface area contributed by atoms with Gasteiger partial charge in [-0.2, -0.15) is 0 Å². The van der Waals surface area contributed by atoms with Gasteiger partial charge in [0.25, 0.3) is 0 Å². The van der Waals surface area contributed by atoms with Gasteiger partial charge in [0, 0.05) is 12.4 Å². The van der Waals surface area contributed by atoms with E-state index in [0.717, 1.165) is 31.2 Å². The highest BCUT2D eigenvalue weighted by atomic mass is 35.5. The molecule has 106 valence electrons. The van der Waals surface area contributed by atoms with Crippen LogP contribution in [0.15, 0.2) is 29.2 Å². The second kappa shape index (κ2) is 5.81. The second-order valence-electron chi connectivity index (χ2n) is 5.26. The summed E-state index contributed by atoms with van der Waals surface area (Å²) in [5.41, 5.74) is 1.27. The van der Waals surface area contributed by atoms with Gasteiger partial charge in [0.1, 0.15) is 0 Å². The van der Waals surface area contributed by atoms with Crippen LogP contribution in [0, 0.1) is 5.41 Å². The molecule has 0 amide bonds. The molecule has 1 fully saturated rings. The normalized spacial score (nSPS) is 17.4. The fourth-order valence-corrected chi connectivity index (χ4v) is 3.48. The minimum atomic E-state index is -3.38. The molecule has 0 heterocycles. The first-order chi connectivity index (χ1) is 9.01. The molecule has 1 aliphatic carbocycles. The minimum Gasteiger partial charge on any atom is -0.211 e. The van der Waals surface area contributed by atoms with Crippen molar-refractivity contribution in [2.75, 3.05) is 12.4 Å². The molecule has 1 aromatic carbocycles. The zero-order valence-corrected chi connectivity index (χ0v) is 12.7. The molecule has 1 aromatic rings. The summed E-state index contributed by atoms with van der Waals surface area (Å²) in [5, 5.41) is 0. The number of hydrogen-bond donors (Lipinski definition) is 1. The molecule has 0 aliphatic heterocycles. The zero-order chi connectivity index (χ0) is 13.9. The average molecular weight is 302 g/mol. The third-order valence-electron chi connectivity index (χ3n) is 3.96. The van der Waals surface area contributed by atoms with Gasteiger partial charge in [-0.05, 0) is 48.8 Å². The van der Waals surface area contributed by atoms with Crippen LogP contribution in [0.2, 0.25) is 0 Å². The molecule has 2 rings (SSSR count). The first kappa shape index (κ1) is 14.8. The van der Waals surface area contributed by atoms with Crippen molar-refractivity contribution in [1.82, 2.24) is 4.72 Å². The number of nitrogens with one attached hydrogen (secondary N) is 1. The molecule has 1 aliphatic rings. The Morgan fingerprint density at radius 3 is 2.37 bits per heavy atom. The molecule has 1 N–H and O–H groups in total. The first-order valence-electron chi connectivity index (χ1n) is 6.66. The Kier molecular flexibility index (Phi) is 4.54. The number of aryl methyl sites for hydroxylation is 1. The van der Waals surface area contributed by atoms with E-state index in [4.69, 9.17) is 11.6 Å². The molecule has 0 saturated heterocycles. The van der Waals surface area contributed by atoms with Crippen LogP contribution in [0.25, 0.3) is 0 Å². The third kappa shape index (κ3) is 3.71. The molecular weight excluding hydrogens is 282 g/mol. The molecule has 5 heteroatoms.